The average Bonchev–Trinajstić information content (AvgIpc) is 3.04. The SMILES string of the molecule is COCCn1c(C=Cc2cnn(C)c2)c([N+](=O)[O-])c(=O)n(CCOC)c1=O. The molecule has 2 heterocycles. The molecule has 2 aromatic rings. The number of ether oxygens (including phenoxy) is 2. The highest BCUT2D eigenvalue weighted by Crippen LogP contribution is 2.16. The maximum Gasteiger partial charge on any atom is 0.357 e. The minimum absolute atomic E-state index is 0.0517. The van der Waals surface area contributed by atoms with Crippen molar-refractivity contribution in [3.8, 4) is 0 Å². The van der Waals surface area contributed by atoms with Crippen LogP contribution in [0.5, 0.6) is 0 Å². The van der Waals surface area contributed by atoms with Crippen molar-refractivity contribution in [1.82, 2.24) is 18.9 Å². The van der Waals surface area contributed by atoms with Crippen molar-refractivity contribution in [2.75, 3.05) is 27.4 Å². The summed E-state index contributed by atoms with van der Waals surface area (Å²) in [7, 11) is 4.59. The third kappa shape index (κ3) is 4.57. The van der Waals surface area contributed by atoms with Crippen LogP contribution in [0.3, 0.4) is 0 Å². The van der Waals surface area contributed by atoms with E-state index in [1.807, 2.05) is 0 Å². The van der Waals surface area contributed by atoms with Crippen LogP contribution in [0, 0.1) is 10.1 Å². The van der Waals surface area contributed by atoms with E-state index >= 15 is 0 Å². The van der Waals surface area contributed by atoms with Crippen molar-refractivity contribution in [3.63, 3.8) is 0 Å². The normalized spacial score (nSPS) is 11.4. The van der Waals surface area contributed by atoms with E-state index in [0.717, 1.165) is 9.13 Å². The molecule has 0 saturated carbocycles. The fourth-order valence-electron chi connectivity index (χ4n) is 2.52. The Bertz CT molecular complexity index is 955. The van der Waals surface area contributed by atoms with Gasteiger partial charge in [0.1, 0.15) is 5.69 Å². The molecule has 0 aliphatic rings. The molecule has 0 bridgehead atoms. The quantitative estimate of drug-likeness (QED) is 0.447. The summed E-state index contributed by atoms with van der Waals surface area (Å²) >= 11 is 0. The van der Waals surface area contributed by atoms with Gasteiger partial charge in [0.2, 0.25) is 0 Å². The first-order valence-electron chi connectivity index (χ1n) is 8.07. The zero-order valence-corrected chi connectivity index (χ0v) is 15.3. The topological polar surface area (TPSA) is 123 Å². The lowest BCUT2D eigenvalue weighted by Gasteiger charge is -2.13. The number of rotatable bonds is 9. The number of methoxy groups -OCH3 is 2. The van der Waals surface area contributed by atoms with Gasteiger partial charge in [-0.15, -0.1) is 0 Å². The third-order valence-corrected chi connectivity index (χ3v) is 3.82. The van der Waals surface area contributed by atoms with E-state index in [4.69, 9.17) is 9.47 Å². The summed E-state index contributed by atoms with van der Waals surface area (Å²) in [5.74, 6) is 0. The Balaban J connectivity index is 2.70. The maximum atomic E-state index is 12.8. The van der Waals surface area contributed by atoms with Gasteiger partial charge in [-0.3, -0.25) is 28.7 Å². The van der Waals surface area contributed by atoms with Crippen LogP contribution in [-0.2, 0) is 29.6 Å². The molecule has 0 amide bonds. The van der Waals surface area contributed by atoms with Crippen molar-refractivity contribution >= 4 is 17.8 Å². The molecule has 2 aromatic heterocycles. The Morgan fingerprint density at radius 1 is 1.15 bits per heavy atom. The fraction of sp³-hybridized carbons (Fsp3) is 0.438. The van der Waals surface area contributed by atoms with Crippen molar-refractivity contribution in [2.45, 2.75) is 13.1 Å². The van der Waals surface area contributed by atoms with Gasteiger partial charge >= 0.3 is 16.9 Å². The van der Waals surface area contributed by atoms with Crippen LogP contribution in [0.25, 0.3) is 12.2 Å². The zero-order valence-electron chi connectivity index (χ0n) is 15.3. The molecule has 0 spiro atoms. The number of hydrogen-bond donors (Lipinski definition) is 0. The highest BCUT2D eigenvalue weighted by molar-refractivity contribution is 5.71. The lowest BCUT2D eigenvalue weighted by Crippen LogP contribution is -2.43. The van der Waals surface area contributed by atoms with Crippen LogP contribution in [0.1, 0.15) is 11.3 Å². The van der Waals surface area contributed by atoms with Gasteiger partial charge in [-0.1, -0.05) is 0 Å². The van der Waals surface area contributed by atoms with Crippen LogP contribution < -0.4 is 11.2 Å². The third-order valence-electron chi connectivity index (χ3n) is 3.82. The Hall–Kier alpha value is -3.05. The molecule has 0 saturated heterocycles. The smallest absolute Gasteiger partial charge is 0.357 e. The fourth-order valence-corrected chi connectivity index (χ4v) is 2.52. The summed E-state index contributed by atoms with van der Waals surface area (Å²) in [6, 6.07) is 0. The van der Waals surface area contributed by atoms with Gasteiger partial charge in [0, 0.05) is 33.0 Å². The monoisotopic (exact) mass is 379 g/mol. The first kappa shape index (κ1) is 20.3. The molecule has 0 N–H and O–H groups in total. The van der Waals surface area contributed by atoms with Gasteiger partial charge < -0.3 is 9.47 Å². The van der Waals surface area contributed by atoms with E-state index in [1.54, 1.807) is 30.2 Å². The molecular formula is C16H21N5O6. The molecule has 11 nitrogen and oxygen atoms in total. The second kappa shape index (κ2) is 9.05. The van der Waals surface area contributed by atoms with Gasteiger partial charge in [-0.05, 0) is 12.2 Å². The first-order chi connectivity index (χ1) is 12.9. The van der Waals surface area contributed by atoms with E-state index in [-0.39, 0.29) is 32.0 Å². The Labute approximate surface area is 154 Å². The van der Waals surface area contributed by atoms with Crippen molar-refractivity contribution in [2.24, 2.45) is 7.05 Å². The summed E-state index contributed by atoms with van der Waals surface area (Å²) in [6.45, 7) is 0.180. The minimum atomic E-state index is -0.971. The van der Waals surface area contributed by atoms with Crippen molar-refractivity contribution in [3.05, 3.63) is 54.6 Å². The molecule has 0 radical (unpaired) electrons. The zero-order chi connectivity index (χ0) is 20.0. The first-order valence-corrected chi connectivity index (χ1v) is 8.07. The van der Waals surface area contributed by atoms with Gasteiger partial charge in [0.05, 0.1) is 37.4 Å². The highest BCUT2D eigenvalue weighted by Gasteiger charge is 2.26. The summed E-state index contributed by atoms with van der Waals surface area (Å²) in [5.41, 5.74) is -1.74. The Morgan fingerprint density at radius 2 is 1.78 bits per heavy atom. The van der Waals surface area contributed by atoms with E-state index < -0.39 is 21.9 Å². The lowest BCUT2D eigenvalue weighted by atomic mass is 10.2. The van der Waals surface area contributed by atoms with Gasteiger partial charge in [-0.2, -0.15) is 5.10 Å². The van der Waals surface area contributed by atoms with Gasteiger partial charge in [0.15, 0.2) is 0 Å². The van der Waals surface area contributed by atoms with Crippen LogP contribution in [0.4, 0.5) is 5.69 Å². The van der Waals surface area contributed by atoms with Crippen LogP contribution in [0.2, 0.25) is 0 Å². The molecular weight excluding hydrogens is 358 g/mol. The van der Waals surface area contributed by atoms with E-state index in [9.17, 15) is 19.7 Å². The molecule has 27 heavy (non-hydrogen) atoms. The molecule has 0 aromatic carbocycles. The Morgan fingerprint density at radius 3 is 2.30 bits per heavy atom. The molecule has 0 unspecified atom stereocenters. The second-order valence-electron chi connectivity index (χ2n) is 5.65. The number of aryl methyl sites for hydroxylation is 1. The predicted molar refractivity (Wildman–Crippen MR) is 97.5 cm³/mol. The number of hydrogen-bond acceptors (Lipinski definition) is 7. The van der Waals surface area contributed by atoms with E-state index in [0.29, 0.717) is 5.56 Å². The van der Waals surface area contributed by atoms with Crippen LogP contribution >= 0.6 is 0 Å². The van der Waals surface area contributed by atoms with Gasteiger partial charge in [0.25, 0.3) is 0 Å². The number of nitrogens with zero attached hydrogens (tertiary/aromatic N) is 5. The molecule has 0 atom stereocenters. The minimum Gasteiger partial charge on any atom is -0.383 e. The van der Waals surface area contributed by atoms with E-state index in [1.165, 1.54) is 20.3 Å². The largest absolute Gasteiger partial charge is 0.383 e. The summed E-state index contributed by atoms with van der Waals surface area (Å²) in [5, 5.41) is 15.6. The standard InChI is InChI=1S/C16H21N5O6/c1-18-11-12(10-17-18)4-5-13-14(21(24)25)15(22)20(7-9-27-3)16(23)19(13)6-8-26-2/h4-5,10-11H,6-9H2,1-3H3. The average molecular weight is 379 g/mol. The molecule has 0 aliphatic heterocycles. The highest BCUT2D eigenvalue weighted by atomic mass is 16.6. The molecule has 11 heteroatoms. The number of nitro groups is 1. The maximum absolute atomic E-state index is 12.8. The predicted octanol–water partition coefficient (Wildman–Crippen LogP) is 0.115. The summed E-state index contributed by atoms with van der Waals surface area (Å²) in [6.07, 6.45) is 6.17. The van der Waals surface area contributed by atoms with Crippen LogP contribution in [0.15, 0.2) is 22.0 Å². The summed E-state index contributed by atoms with van der Waals surface area (Å²) in [4.78, 5) is 36.1. The van der Waals surface area contributed by atoms with Crippen molar-refractivity contribution in [1.29, 1.82) is 0 Å². The molecule has 2 rings (SSSR count). The molecule has 146 valence electrons. The Kier molecular flexibility index (Phi) is 6.79. The molecule has 0 aliphatic carbocycles. The van der Waals surface area contributed by atoms with Crippen LogP contribution in [-0.4, -0.2) is 51.3 Å². The second-order valence-corrected chi connectivity index (χ2v) is 5.65. The van der Waals surface area contributed by atoms with Crippen molar-refractivity contribution < 1.29 is 14.4 Å². The summed E-state index contributed by atoms with van der Waals surface area (Å²) < 4.78 is 13.4. The number of aromatic nitrogens is 4. The van der Waals surface area contributed by atoms with Gasteiger partial charge in [-0.25, -0.2) is 4.79 Å². The van der Waals surface area contributed by atoms with E-state index in [2.05, 4.69) is 5.10 Å². The lowest BCUT2D eigenvalue weighted by molar-refractivity contribution is -0.387. The molecule has 0 fully saturated rings.